The van der Waals surface area contributed by atoms with E-state index in [1.165, 1.54) is 11.1 Å². The van der Waals surface area contributed by atoms with E-state index in [2.05, 4.69) is 34.1 Å². The summed E-state index contributed by atoms with van der Waals surface area (Å²) in [6, 6.07) is 24.5. The predicted molar refractivity (Wildman–Crippen MR) is 138 cm³/mol. The van der Waals surface area contributed by atoms with Gasteiger partial charge in [0.2, 0.25) is 5.91 Å². The Balaban J connectivity index is 1.26. The van der Waals surface area contributed by atoms with Crippen molar-refractivity contribution in [2.45, 2.75) is 13.1 Å². The molecule has 2 aromatic heterocycles. The standard InChI is InChI=1S/C29H29N5O/c35-28(33-19-17-32(18-20-33)21-25-13-15-30-16-14-25)12-11-27-23-34(22-24-7-3-1-4-8-24)31-29(27)26-9-5-2-6-10-26/h1-16,23H,17-22H2. The molecule has 2 aromatic carbocycles. The summed E-state index contributed by atoms with van der Waals surface area (Å²) in [5.41, 5.74) is 5.30. The maximum Gasteiger partial charge on any atom is 0.246 e. The van der Waals surface area contributed by atoms with Gasteiger partial charge < -0.3 is 4.90 Å². The maximum absolute atomic E-state index is 13.0. The highest BCUT2D eigenvalue weighted by Crippen LogP contribution is 2.24. The molecule has 0 unspecified atom stereocenters. The first-order valence-electron chi connectivity index (χ1n) is 12.0. The van der Waals surface area contributed by atoms with Crippen LogP contribution in [0.3, 0.4) is 0 Å². The number of pyridine rings is 1. The Morgan fingerprint density at radius 1 is 0.800 bits per heavy atom. The third-order valence-electron chi connectivity index (χ3n) is 6.27. The maximum atomic E-state index is 13.0. The molecule has 6 heteroatoms. The first-order valence-corrected chi connectivity index (χ1v) is 12.0. The van der Waals surface area contributed by atoms with Crippen LogP contribution in [-0.2, 0) is 17.9 Å². The van der Waals surface area contributed by atoms with Crippen LogP contribution in [0.2, 0.25) is 0 Å². The molecule has 176 valence electrons. The molecule has 0 bridgehead atoms. The van der Waals surface area contributed by atoms with Gasteiger partial charge in [-0.15, -0.1) is 0 Å². The largest absolute Gasteiger partial charge is 0.337 e. The first-order chi connectivity index (χ1) is 17.2. The molecule has 0 aliphatic carbocycles. The topological polar surface area (TPSA) is 54.3 Å². The van der Waals surface area contributed by atoms with E-state index in [0.717, 1.165) is 49.5 Å². The van der Waals surface area contributed by atoms with E-state index in [9.17, 15) is 4.79 Å². The number of rotatable bonds is 7. The van der Waals surface area contributed by atoms with Crippen molar-refractivity contribution in [2.24, 2.45) is 0 Å². The quantitative estimate of drug-likeness (QED) is 0.383. The van der Waals surface area contributed by atoms with Gasteiger partial charge in [-0.05, 0) is 29.3 Å². The van der Waals surface area contributed by atoms with Gasteiger partial charge in [0.15, 0.2) is 0 Å². The monoisotopic (exact) mass is 463 g/mol. The summed E-state index contributed by atoms with van der Waals surface area (Å²) < 4.78 is 1.94. The Hall–Kier alpha value is -4.03. The van der Waals surface area contributed by atoms with Gasteiger partial charge in [-0.25, -0.2) is 0 Å². The van der Waals surface area contributed by atoms with Gasteiger partial charge >= 0.3 is 0 Å². The van der Waals surface area contributed by atoms with Crippen LogP contribution in [0, 0.1) is 0 Å². The van der Waals surface area contributed by atoms with Crippen molar-refractivity contribution < 1.29 is 4.79 Å². The number of carbonyl (C=O) groups is 1. The van der Waals surface area contributed by atoms with Crippen LogP contribution in [0.25, 0.3) is 17.3 Å². The molecule has 0 saturated carbocycles. The van der Waals surface area contributed by atoms with Crippen molar-refractivity contribution in [3.63, 3.8) is 0 Å². The van der Waals surface area contributed by atoms with Crippen molar-refractivity contribution in [1.29, 1.82) is 0 Å². The highest BCUT2D eigenvalue weighted by molar-refractivity contribution is 5.93. The van der Waals surface area contributed by atoms with E-state index in [0.29, 0.717) is 6.54 Å². The zero-order valence-corrected chi connectivity index (χ0v) is 19.7. The van der Waals surface area contributed by atoms with E-state index in [1.54, 1.807) is 6.08 Å². The highest BCUT2D eigenvalue weighted by Gasteiger charge is 2.20. The molecule has 1 amide bonds. The summed E-state index contributed by atoms with van der Waals surface area (Å²) in [5, 5.41) is 4.85. The minimum absolute atomic E-state index is 0.0448. The number of hydrogen-bond donors (Lipinski definition) is 0. The molecule has 0 spiro atoms. The Kier molecular flexibility index (Phi) is 7.10. The predicted octanol–water partition coefficient (Wildman–Crippen LogP) is 4.35. The lowest BCUT2D eigenvalue weighted by atomic mass is 10.1. The molecule has 0 radical (unpaired) electrons. The second-order valence-corrected chi connectivity index (χ2v) is 8.77. The van der Waals surface area contributed by atoms with Crippen LogP contribution in [0.5, 0.6) is 0 Å². The van der Waals surface area contributed by atoms with Gasteiger partial charge in [0.05, 0.1) is 12.2 Å². The number of amides is 1. The van der Waals surface area contributed by atoms with Gasteiger partial charge in [-0.2, -0.15) is 5.10 Å². The van der Waals surface area contributed by atoms with Crippen molar-refractivity contribution in [3.05, 3.63) is 114 Å². The Labute approximate surface area is 206 Å². The zero-order chi connectivity index (χ0) is 23.9. The number of benzene rings is 2. The fraction of sp³-hybridized carbons (Fsp3) is 0.207. The molecule has 1 aliphatic heterocycles. The summed E-state index contributed by atoms with van der Waals surface area (Å²) in [6.45, 7) is 4.77. The fourth-order valence-electron chi connectivity index (χ4n) is 4.37. The summed E-state index contributed by atoms with van der Waals surface area (Å²) >= 11 is 0. The second-order valence-electron chi connectivity index (χ2n) is 8.77. The summed E-state index contributed by atoms with van der Waals surface area (Å²) in [6.07, 6.45) is 9.26. The molecule has 1 aliphatic rings. The zero-order valence-electron chi connectivity index (χ0n) is 19.7. The number of aromatic nitrogens is 3. The lowest BCUT2D eigenvalue weighted by Crippen LogP contribution is -2.47. The summed E-state index contributed by atoms with van der Waals surface area (Å²) in [7, 11) is 0. The molecule has 0 N–H and O–H groups in total. The summed E-state index contributed by atoms with van der Waals surface area (Å²) in [4.78, 5) is 21.4. The molecule has 1 fully saturated rings. The van der Waals surface area contributed by atoms with E-state index in [1.807, 2.05) is 82.8 Å². The average molecular weight is 464 g/mol. The van der Waals surface area contributed by atoms with Crippen LogP contribution in [-0.4, -0.2) is 56.7 Å². The Morgan fingerprint density at radius 2 is 1.46 bits per heavy atom. The van der Waals surface area contributed by atoms with E-state index in [-0.39, 0.29) is 5.91 Å². The van der Waals surface area contributed by atoms with Crippen molar-refractivity contribution >= 4 is 12.0 Å². The van der Waals surface area contributed by atoms with Gasteiger partial charge in [-0.1, -0.05) is 60.7 Å². The smallest absolute Gasteiger partial charge is 0.246 e. The minimum Gasteiger partial charge on any atom is -0.337 e. The third-order valence-corrected chi connectivity index (χ3v) is 6.27. The number of nitrogens with zero attached hydrogens (tertiary/aromatic N) is 5. The minimum atomic E-state index is 0.0448. The lowest BCUT2D eigenvalue weighted by Gasteiger charge is -2.34. The van der Waals surface area contributed by atoms with Gasteiger partial charge in [0.1, 0.15) is 0 Å². The molecule has 6 nitrogen and oxygen atoms in total. The number of piperazine rings is 1. The molecule has 4 aromatic rings. The normalized spacial score (nSPS) is 14.5. The molecule has 1 saturated heterocycles. The number of hydrogen-bond acceptors (Lipinski definition) is 4. The molecule has 0 atom stereocenters. The van der Waals surface area contributed by atoms with E-state index >= 15 is 0 Å². The first kappa shape index (κ1) is 22.7. The lowest BCUT2D eigenvalue weighted by molar-refractivity contribution is -0.127. The Morgan fingerprint density at radius 3 is 2.17 bits per heavy atom. The number of carbonyl (C=O) groups excluding carboxylic acids is 1. The molecular formula is C29H29N5O. The van der Waals surface area contributed by atoms with E-state index in [4.69, 9.17) is 5.10 Å². The average Bonchev–Trinajstić information content (AvgIpc) is 3.32. The van der Waals surface area contributed by atoms with Crippen LogP contribution >= 0.6 is 0 Å². The van der Waals surface area contributed by atoms with Gasteiger partial charge in [0, 0.05) is 68.5 Å². The summed E-state index contributed by atoms with van der Waals surface area (Å²) in [5.74, 6) is 0.0448. The van der Waals surface area contributed by atoms with Crippen LogP contribution in [0.4, 0.5) is 0 Å². The molecule has 35 heavy (non-hydrogen) atoms. The molecule has 5 rings (SSSR count). The third kappa shape index (κ3) is 5.91. The highest BCUT2D eigenvalue weighted by atomic mass is 16.2. The van der Waals surface area contributed by atoms with Crippen LogP contribution in [0.15, 0.2) is 97.5 Å². The van der Waals surface area contributed by atoms with Crippen molar-refractivity contribution in [2.75, 3.05) is 26.2 Å². The molecular weight excluding hydrogens is 434 g/mol. The van der Waals surface area contributed by atoms with Crippen molar-refractivity contribution in [3.8, 4) is 11.3 Å². The van der Waals surface area contributed by atoms with Crippen LogP contribution in [0.1, 0.15) is 16.7 Å². The second kappa shape index (κ2) is 10.9. The SMILES string of the molecule is O=C(C=Cc1cn(Cc2ccccc2)nc1-c1ccccc1)N1CCN(Cc2ccncc2)CC1. The fourth-order valence-corrected chi connectivity index (χ4v) is 4.37. The Bertz CT molecular complexity index is 1260. The van der Waals surface area contributed by atoms with E-state index < -0.39 is 0 Å². The van der Waals surface area contributed by atoms with Crippen LogP contribution < -0.4 is 0 Å². The molecule has 3 heterocycles. The van der Waals surface area contributed by atoms with Gasteiger partial charge in [0.25, 0.3) is 0 Å². The van der Waals surface area contributed by atoms with Gasteiger partial charge in [-0.3, -0.25) is 19.4 Å². The van der Waals surface area contributed by atoms with Crippen molar-refractivity contribution in [1.82, 2.24) is 24.6 Å².